The van der Waals surface area contributed by atoms with Crippen molar-refractivity contribution in [3.63, 3.8) is 0 Å². The lowest BCUT2D eigenvalue weighted by molar-refractivity contribution is -0.122. The molecule has 1 aromatic carbocycles. The molecular weight excluding hydrogens is 466 g/mol. The molecule has 8 nitrogen and oxygen atoms in total. The van der Waals surface area contributed by atoms with Gasteiger partial charge in [-0.05, 0) is 49.9 Å². The van der Waals surface area contributed by atoms with Gasteiger partial charge in [-0.2, -0.15) is 0 Å². The normalized spacial score (nSPS) is 21.8. The van der Waals surface area contributed by atoms with Gasteiger partial charge in [0.15, 0.2) is 11.0 Å². The molecule has 2 saturated heterocycles. The van der Waals surface area contributed by atoms with Crippen molar-refractivity contribution in [3.05, 3.63) is 39.2 Å². The van der Waals surface area contributed by atoms with Crippen LogP contribution in [0.5, 0.6) is 0 Å². The molecule has 0 radical (unpaired) electrons. The van der Waals surface area contributed by atoms with E-state index in [9.17, 15) is 14.4 Å². The van der Waals surface area contributed by atoms with Gasteiger partial charge in [0.1, 0.15) is 5.25 Å². The van der Waals surface area contributed by atoms with Crippen molar-refractivity contribution in [3.8, 4) is 0 Å². The molecule has 11 heteroatoms. The number of thioether (sulfide) groups is 2. The van der Waals surface area contributed by atoms with E-state index in [2.05, 4.69) is 42.1 Å². The predicted molar refractivity (Wildman–Crippen MR) is 116 cm³/mol. The van der Waals surface area contributed by atoms with Crippen LogP contribution >= 0.6 is 39.5 Å². The average Bonchev–Trinajstić information content (AvgIpc) is 3.17. The van der Waals surface area contributed by atoms with Crippen molar-refractivity contribution < 1.29 is 14.4 Å². The fourth-order valence-corrected chi connectivity index (χ4v) is 4.23. The van der Waals surface area contributed by atoms with E-state index in [-0.39, 0.29) is 28.6 Å². The van der Waals surface area contributed by atoms with Crippen LogP contribution in [0.4, 0.5) is 10.5 Å². The second-order valence-electron chi connectivity index (χ2n) is 6.05. The lowest BCUT2D eigenvalue weighted by Gasteiger charge is -2.07. The van der Waals surface area contributed by atoms with Gasteiger partial charge < -0.3 is 10.6 Å². The Morgan fingerprint density at radius 1 is 1.18 bits per heavy atom. The smallest absolute Gasteiger partial charge is 0.289 e. The monoisotopic (exact) mass is 481 g/mol. The van der Waals surface area contributed by atoms with Crippen molar-refractivity contribution in [1.29, 1.82) is 0 Å². The summed E-state index contributed by atoms with van der Waals surface area (Å²) in [5, 5.41) is 15.5. The Hall–Kier alpha value is -2.11. The number of carbonyl (C=O) groups excluding carboxylic acids is 3. The Morgan fingerprint density at radius 2 is 1.89 bits per heavy atom. The summed E-state index contributed by atoms with van der Waals surface area (Å²) >= 11 is 5.52. The van der Waals surface area contributed by atoms with E-state index in [1.807, 2.05) is 26.0 Å². The van der Waals surface area contributed by atoms with E-state index in [4.69, 9.17) is 0 Å². The molecule has 1 atom stereocenters. The molecule has 0 bridgehead atoms. The maximum absolute atomic E-state index is 12.2. The highest BCUT2D eigenvalue weighted by Gasteiger charge is 2.32. The van der Waals surface area contributed by atoms with Crippen LogP contribution in [0.15, 0.2) is 49.4 Å². The number of rotatable bonds is 4. The zero-order chi connectivity index (χ0) is 20.3. The fourth-order valence-electron chi connectivity index (χ4n) is 2.32. The van der Waals surface area contributed by atoms with Gasteiger partial charge in [0.25, 0.3) is 5.24 Å². The van der Waals surface area contributed by atoms with Crippen LogP contribution < -0.4 is 16.0 Å². The van der Waals surface area contributed by atoms with E-state index >= 15 is 0 Å². The molecule has 0 saturated carbocycles. The molecule has 0 aliphatic carbocycles. The third-order valence-electron chi connectivity index (χ3n) is 3.60. The van der Waals surface area contributed by atoms with Crippen LogP contribution in [0, 0.1) is 0 Å². The maximum Gasteiger partial charge on any atom is 0.289 e. The highest BCUT2D eigenvalue weighted by atomic mass is 79.9. The Kier molecular flexibility index (Phi) is 6.57. The van der Waals surface area contributed by atoms with Gasteiger partial charge in [0, 0.05) is 16.6 Å². The van der Waals surface area contributed by atoms with E-state index in [1.165, 1.54) is 0 Å². The SMILES string of the molecule is CC(C)=C1SC(=O)N/C1=N/N=C1\NC(=O)C(CC(=O)Nc2ccc(Br)cc2)S1. The first kappa shape index (κ1) is 20.6. The van der Waals surface area contributed by atoms with Gasteiger partial charge in [-0.25, -0.2) is 0 Å². The molecule has 0 aromatic heterocycles. The summed E-state index contributed by atoms with van der Waals surface area (Å²) in [6, 6.07) is 7.16. The molecule has 3 N–H and O–H groups in total. The minimum Gasteiger partial charge on any atom is -0.326 e. The number of amides is 3. The van der Waals surface area contributed by atoms with Crippen molar-refractivity contribution in [1.82, 2.24) is 10.6 Å². The van der Waals surface area contributed by atoms with Crippen LogP contribution in [0.3, 0.4) is 0 Å². The number of hydrogen-bond donors (Lipinski definition) is 3. The topological polar surface area (TPSA) is 112 Å². The highest BCUT2D eigenvalue weighted by Crippen LogP contribution is 2.28. The lowest BCUT2D eigenvalue weighted by Crippen LogP contribution is -2.28. The number of carbonyl (C=O) groups is 3. The number of halogens is 1. The van der Waals surface area contributed by atoms with Gasteiger partial charge in [0.05, 0.1) is 4.91 Å². The van der Waals surface area contributed by atoms with Crippen molar-refractivity contribution in [2.45, 2.75) is 25.5 Å². The number of anilines is 1. The second kappa shape index (κ2) is 8.93. The summed E-state index contributed by atoms with van der Waals surface area (Å²) < 4.78 is 0.909. The van der Waals surface area contributed by atoms with Gasteiger partial charge in [-0.3, -0.25) is 19.7 Å². The van der Waals surface area contributed by atoms with Crippen LogP contribution in [0.2, 0.25) is 0 Å². The van der Waals surface area contributed by atoms with Crippen molar-refractivity contribution >= 4 is 73.2 Å². The van der Waals surface area contributed by atoms with Crippen molar-refractivity contribution in [2.24, 2.45) is 10.2 Å². The van der Waals surface area contributed by atoms with Crippen LogP contribution in [0.25, 0.3) is 0 Å². The molecule has 2 aliphatic rings. The molecule has 1 aromatic rings. The van der Waals surface area contributed by atoms with Crippen molar-refractivity contribution in [2.75, 3.05) is 5.32 Å². The number of allylic oxidation sites excluding steroid dienone is 1. The maximum atomic E-state index is 12.2. The average molecular weight is 482 g/mol. The molecule has 28 heavy (non-hydrogen) atoms. The van der Waals surface area contributed by atoms with E-state index < -0.39 is 5.25 Å². The second-order valence-corrected chi connectivity index (χ2v) is 9.14. The van der Waals surface area contributed by atoms with Crippen LogP contribution in [0.1, 0.15) is 20.3 Å². The number of benzene rings is 1. The van der Waals surface area contributed by atoms with E-state index in [1.54, 1.807) is 12.1 Å². The largest absolute Gasteiger partial charge is 0.326 e. The van der Waals surface area contributed by atoms with Gasteiger partial charge in [0.2, 0.25) is 11.8 Å². The molecule has 2 fully saturated rings. The third kappa shape index (κ3) is 5.24. The summed E-state index contributed by atoms with van der Waals surface area (Å²) in [5.41, 5.74) is 1.59. The molecule has 0 spiro atoms. The van der Waals surface area contributed by atoms with Gasteiger partial charge in [-0.1, -0.05) is 33.3 Å². The zero-order valence-electron chi connectivity index (χ0n) is 14.9. The molecule has 3 amide bonds. The van der Waals surface area contributed by atoms with Gasteiger partial charge >= 0.3 is 0 Å². The number of hydrogen-bond acceptors (Lipinski definition) is 7. The third-order valence-corrected chi connectivity index (χ3v) is 6.29. The van der Waals surface area contributed by atoms with E-state index in [0.29, 0.717) is 16.4 Å². The standard InChI is InChI=1S/C17H16BrN5O3S2/c1-8(2)13-14(20-17(26)28-13)22-23-16-21-15(25)11(27-16)7-12(24)19-10-5-3-9(18)4-6-10/h3-6,11H,7H2,1-2H3,(H,19,24)(H,20,22,26)(H,21,23,25). The quantitative estimate of drug-likeness (QED) is 0.570. The first-order chi connectivity index (χ1) is 13.3. The summed E-state index contributed by atoms with van der Waals surface area (Å²) in [6.07, 6.45) is 0.00790. The minimum atomic E-state index is -0.593. The highest BCUT2D eigenvalue weighted by molar-refractivity contribution is 9.10. The molecule has 2 aliphatic heterocycles. The van der Waals surface area contributed by atoms with E-state index in [0.717, 1.165) is 33.6 Å². The fraction of sp³-hybridized carbons (Fsp3) is 0.235. The first-order valence-electron chi connectivity index (χ1n) is 8.17. The molecule has 3 rings (SSSR count). The van der Waals surface area contributed by atoms with Gasteiger partial charge in [-0.15, -0.1) is 10.2 Å². The molecular formula is C17H16BrN5O3S2. The summed E-state index contributed by atoms with van der Waals surface area (Å²) in [4.78, 5) is 36.5. The predicted octanol–water partition coefficient (Wildman–Crippen LogP) is 3.43. The lowest BCUT2D eigenvalue weighted by atomic mass is 10.2. The Balaban J connectivity index is 1.61. The first-order valence-corrected chi connectivity index (χ1v) is 10.7. The zero-order valence-corrected chi connectivity index (χ0v) is 18.1. The number of nitrogens with one attached hydrogen (secondary N) is 3. The Labute approximate surface area is 178 Å². The molecule has 2 heterocycles. The Bertz CT molecular complexity index is 923. The molecule has 1 unspecified atom stereocenters. The molecule has 146 valence electrons. The Morgan fingerprint density at radius 3 is 2.57 bits per heavy atom. The van der Waals surface area contributed by atoms with Crippen LogP contribution in [-0.2, 0) is 9.59 Å². The summed E-state index contributed by atoms with van der Waals surface area (Å²) in [5.74, 6) is -0.218. The number of nitrogens with zero attached hydrogens (tertiary/aromatic N) is 2. The summed E-state index contributed by atoms with van der Waals surface area (Å²) in [7, 11) is 0. The van der Waals surface area contributed by atoms with Crippen LogP contribution in [-0.4, -0.2) is 33.3 Å². The number of amidine groups is 2. The minimum absolute atomic E-state index is 0.00790. The summed E-state index contributed by atoms with van der Waals surface area (Å²) in [6.45, 7) is 3.74.